The third-order valence-corrected chi connectivity index (χ3v) is 6.59. The molecule has 0 aromatic heterocycles. The number of rotatable bonds is 6. The van der Waals surface area contributed by atoms with Crippen molar-refractivity contribution in [2.75, 3.05) is 25.5 Å². The quantitative estimate of drug-likeness (QED) is 0.720. The molecule has 2 aromatic carbocycles. The molecule has 2 aromatic rings. The van der Waals surface area contributed by atoms with Crippen molar-refractivity contribution in [3.63, 3.8) is 0 Å². The van der Waals surface area contributed by atoms with E-state index in [0.717, 1.165) is 29.8 Å². The van der Waals surface area contributed by atoms with Crippen LogP contribution in [0.3, 0.4) is 0 Å². The summed E-state index contributed by atoms with van der Waals surface area (Å²) in [5.41, 5.74) is 1.81. The molecule has 0 radical (unpaired) electrons. The molecule has 3 rings (SSSR count). The largest absolute Gasteiger partial charge is 0.497 e. The first kappa shape index (κ1) is 19.6. The summed E-state index contributed by atoms with van der Waals surface area (Å²) in [5.74, 6) is 0.809. The van der Waals surface area contributed by atoms with Gasteiger partial charge in [0, 0.05) is 25.3 Å². The van der Waals surface area contributed by atoms with Crippen molar-refractivity contribution in [1.82, 2.24) is 9.62 Å². The van der Waals surface area contributed by atoms with E-state index in [4.69, 9.17) is 17.0 Å². The van der Waals surface area contributed by atoms with Gasteiger partial charge in [-0.05, 0) is 67.0 Å². The van der Waals surface area contributed by atoms with E-state index in [1.54, 1.807) is 31.4 Å². The van der Waals surface area contributed by atoms with Crippen LogP contribution in [0.4, 0.5) is 5.69 Å². The number of sulfonamides is 1. The highest BCUT2D eigenvalue weighted by molar-refractivity contribution is 7.89. The zero-order valence-corrected chi connectivity index (χ0v) is 16.8. The van der Waals surface area contributed by atoms with Gasteiger partial charge in [-0.3, -0.25) is 0 Å². The maximum atomic E-state index is 12.5. The third-order valence-electron chi connectivity index (χ3n) is 4.43. The van der Waals surface area contributed by atoms with Crippen LogP contribution in [0.2, 0.25) is 0 Å². The Labute approximate surface area is 165 Å². The summed E-state index contributed by atoms with van der Waals surface area (Å²) in [6.07, 6.45) is 1.85. The molecule has 8 heteroatoms. The standard InChI is InChI=1S/C19H23N3O3S2/c1-25-17-8-4-15(5-9-17)14-20-19(26)21-16-6-10-18(11-7-16)27(23,24)22-12-2-3-13-22/h4-11H,2-3,12-14H2,1H3,(H2,20,21,26). The van der Waals surface area contributed by atoms with Gasteiger partial charge in [-0.1, -0.05) is 12.1 Å². The molecule has 6 nitrogen and oxygen atoms in total. The first-order chi connectivity index (χ1) is 13.0. The summed E-state index contributed by atoms with van der Waals surface area (Å²) in [5, 5.41) is 6.67. The lowest BCUT2D eigenvalue weighted by atomic mass is 10.2. The number of methoxy groups -OCH3 is 1. The Balaban J connectivity index is 1.55. The molecule has 27 heavy (non-hydrogen) atoms. The minimum atomic E-state index is -3.39. The summed E-state index contributed by atoms with van der Waals surface area (Å²) >= 11 is 5.30. The molecular weight excluding hydrogens is 382 g/mol. The van der Waals surface area contributed by atoms with E-state index < -0.39 is 10.0 Å². The van der Waals surface area contributed by atoms with Gasteiger partial charge in [0.1, 0.15) is 5.75 Å². The molecule has 144 valence electrons. The number of benzene rings is 2. The smallest absolute Gasteiger partial charge is 0.243 e. The lowest BCUT2D eigenvalue weighted by molar-refractivity contribution is 0.414. The van der Waals surface area contributed by atoms with Crippen molar-refractivity contribution in [3.8, 4) is 5.75 Å². The predicted octanol–water partition coefficient (Wildman–Crippen LogP) is 2.97. The summed E-state index contributed by atoms with van der Waals surface area (Å²) in [6, 6.07) is 14.4. The number of ether oxygens (including phenoxy) is 1. The Morgan fingerprint density at radius 1 is 1.07 bits per heavy atom. The zero-order valence-electron chi connectivity index (χ0n) is 15.1. The van der Waals surface area contributed by atoms with Crippen LogP contribution in [0.25, 0.3) is 0 Å². The van der Waals surface area contributed by atoms with Gasteiger partial charge in [0.25, 0.3) is 0 Å². The Morgan fingerprint density at radius 3 is 2.30 bits per heavy atom. The van der Waals surface area contributed by atoms with E-state index in [0.29, 0.717) is 29.6 Å². The van der Waals surface area contributed by atoms with Gasteiger partial charge in [-0.15, -0.1) is 0 Å². The second-order valence-electron chi connectivity index (χ2n) is 6.29. The lowest BCUT2D eigenvalue weighted by Gasteiger charge is -2.16. The minimum Gasteiger partial charge on any atom is -0.497 e. The van der Waals surface area contributed by atoms with Crippen LogP contribution in [0, 0.1) is 0 Å². The number of nitrogens with zero attached hydrogens (tertiary/aromatic N) is 1. The zero-order chi connectivity index (χ0) is 19.3. The van der Waals surface area contributed by atoms with E-state index in [1.807, 2.05) is 24.3 Å². The van der Waals surface area contributed by atoms with Gasteiger partial charge in [-0.2, -0.15) is 4.31 Å². The highest BCUT2D eigenvalue weighted by Gasteiger charge is 2.26. The van der Waals surface area contributed by atoms with Crippen LogP contribution in [-0.4, -0.2) is 38.0 Å². The number of hydrogen-bond acceptors (Lipinski definition) is 4. The summed E-state index contributed by atoms with van der Waals surface area (Å²) < 4.78 is 31.7. The first-order valence-corrected chi connectivity index (χ1v) is 10.6. The van der Waals surface area contributed by atoms with Gasteiger partial charge in [0.15, 0.2) is 5.11 Å². The van der Waals surface area contributed by atoms with E-state index in [-0.39, 0.29) is 0 Å². The number of nitrogens with one attached hydrogen (secondary N) is 2. The van der Waals surface area contributed by atoms with Crippen molar-refractivity contribution in [1.29, 1.82) is 0 Å². The summed E-state index contributed by atoms with van der Waals surface area (Å²) in [4.78, 5) is 0.312. The van der Waals surface area contributed by atoms with Gasteiger partial charge >= 0.3 is 0 Å². The second kappa shape index (κ2) is 8.69. The molecule has 0 saturated carbocycles. The van der Waals surface area contributed by atoms with Crippen LogP contribution >= 0.6 is 12.2 Å². The van der Waals surface area contributed by atoms with E-state index in [2.05, 4.69) is 10.6 Å². The molecule has 0 spiro atoms. The van der Waals surface area contributed by atoms with Crippen LogP contribution in [0.5, 0.6) is 5.75 Å². The van der Waals surface area contributed by atoms with E-state index >= 15 is 0 Å². The minimum absolute atomic E-state index is 0.312. The fraction of sp³-hybridized carbons (Fsp3) is 0.316. The highest BCUT2D eigenvalue weighted by Crippen LogP contribution is 2.22. The fourth-order valence-corrected chi connectivity index (χ4v) is 4.60. The topological polar surface area (TPSA) is 70.7 Å². The molecule has 0 unspecified atom stereocenters. The van der Waals surface area contributed by atoms with Crippen LogP contribution in [0.15, 0.2) is 53.4 Å². The SMILES string of the molecule is COc1ccc(CNC(=S)Nc2ccc(S(=O)(=O)N3CCCC3)cc2)cc1. The Bertz CT molecular complexity index is 875. The Kier molecular flexibility index (Phi) is 6.30. The average molecular weight is 406 g/mol. The first-order valence-electron chi connectivity index (χ1n) is 8.77. The van der Waals surface area contributed by atoms with Crippen molar-refractivity contribution < 1.29 is 13.2 Å². The normalized spacial score (nSPS) is 14.7. The lowest BCUT2D eigenvalue weighted by Crippen LogP contribution is -2.28. The molecule has 1 fully saturated rings. The van der Waals surface area contributed by atoms with Gasteiger partial charge in [0.2, 0.25) is 10.0 Å². The number of anilines is 1. The number of hydrogen-bond donors (Lipinski definition) is 2. The Hall–Kier alpha value is -2.16. The highest BCUT2D eigenvalue weighted by atomic mass is 32.2. The molecule has 2 N–H and O–H groups in total. The fourth-order valence-electron chi connectivity index (χ4n) is 2.89. The van der Waals surface area contributed by atoms with Crippen LogP contribution in [0.1, 0.15) is 18.4 Å². The maximum Gasteiger partial charge on any atom is 0.243 e. The molecule has 0 bridgehead atoms. The second-order valence-corrected chi connectivity index (χ2v) is 8.64. The van der Waals surface area contributed by atoms with Gasteiger partial charge in [-0.25, -0.2) is 8.42 Å². The van der Waals surface area contributed by atoms with Crippen LogP contribution < -0.4 is 15.4 Å². The number of thiocarbonyl (C=S) groups is 1. The van der Waals surface area contributed by atoms with E-state index in [1.165, 1.54) is 4.31 Å². The van der Waals surface area contributed by atoms with Crippen molar-refractivity contribution in [2.45, 2.75) is 24.3 Å². The summed E-state index contributed by atoms with van der Waals surface area (Å²) in [6.45, 7) is 1.78. The maximum absolute atomic E-state index is 12.5. The van der Waals surface area contributed by atoms with E-state index in [9.17, 15) is 8.42 Å². The monoisotopic (exact) mass is 405 g/mol. The predicted molar refractivity (Wildman–Crippen MR) is 110 cm³/mol. The molecule has 0 atom stereocenters. The molecular formula is C19H23N3O3S2. The van der Waals surface area contributed by atoms with Crippen molar-refractivity contribution in [2.24, 2.45) is 0 Å². The Morgan fingerprint density at radius 2 is 1.70 bits per heavy atom. The third kappa shape index (κ3) is 4.97. The van der Waals surface area contributed by atoms with Crippen molar-refractivity contribution >= 4 is 33.0 Å². The molecule has 1 aliphatic heterocycles. The van der Waals surface area contributed by atoms with Gasteiger partial charge in [0.05, 0.1) is 12.0 Å². The molecule has 0 amide bonds. The molecule has 1 heterocycles. The van der Waals surface area contributed by atoms with Crippen LogP contribution in [-0.2, 0) is 16.6 Å². The van der Waals surface area contributed by atoms with Gasteiger partial charge < -0.3 is 15.4 Å². The molecule has 1 saturated heterocycles. The molecule has 0 aliphatic carbocycles. The average Bonchev–Trinajstić information content (AvgIpc) is 3.23. The summed E-state index contributed by atoms with van der Waals surface area (Å²) in [7, 11) is -1.76. The van der Waals surface area contributed by atoms with Crippen molar-refractivity contribution in [3.05, 3.63) is 54.1 Å². The molecule has 1 aliphatic rings.